The fourth-order valence-corrected chi connectivity index (χ4v) is 2.60. The van der Waals surface area contributed by atoms with Crippen LogP contribution in [-0.4, -0.2) is 29.2 Å². The van der Waals surface area contributed by atoms with Gasteiger partial charge >= 0.3 is 0 Å². The zero-order chi connectivity index (χ0) is 14.2. The predicted octanol–water partition coefficient (Wildman–Crippen LogP) is 3.36. The summed E-state index contributed by atoms with van der Waals surface area (Å²) in [5, 5.41) is 3.48. The zero-order valence-electron chi connectivity index (χ0n) is 12.8. The van der Waals surface area contributed by atoms with Gasteiger partial charge in [-0.2, -0.15) is 0 Å². The monoisotopic (exact) mass is 277 g/mol. The van der Waals surface area contributed by atoms with E-state index in [4.69, 9.17) is 4.74 Å². The summed E-state index contributed by atoms with van der Waals surface area (Å²) < 4.78 is 5.55. The Balaban J connectivity index is 1.78. The number of anilines is 1. The smallest absolute Gasteiger partial charge is 0.132 e. The van der Waals surface area contributed by atoms with Crippen LogP contribution in [-0.2, 0) is 17.6 Å². The molecule has 1 aromatic rings. The van der Waals surface area contributed by atoms with Gasteiger partial charge in [-0.25, -0.2) is 9.97 Å². The second-order valence-electron chi connectivity index (χ2n) is 5.76. The lowest BCUT2D eigenvalue weighted by molar-refractivity contribution is 0.0765. The van der Waals surface area contributed by atoms with Gasteiger partial charge in [0.05, 0.1) is 6.10 Å². The third kappa shape index (κ3) is 4.75. The lowest BCUT2D eigenvalue weighted by atomic mass is 10.1. The van der Waals surface area contributed by atoms with E-state index in [2.05, 4.69) is 29.1 Å². The summed E-state index contributed by atoms with van der Waals surface area (Å²) in [6, 6.07) is 0. The lowest BCUT2D eigenvalue weighted by Gasteiger charge is -2.12. The quantitative estimate of drug-likeness (QED) is 0.613. The minimum absolute atomic E-state index is 0.334. The second kappa shape index (κ2) is 8.20. The summed E-state index contributed by atoms with van der Waals surface area (Å²) in [7, 11) is 0. The molecular formula is C16H27N3O. The Labute approximate surface area is 122 Å². The number of nitrogens with zero attached hydrogens (tertiary/aromatic N) is 2. The molecular weight excluding hydrogens is 250 g/mol. The minimum Gasteiger partial charge on any atom is -0.379 e. The highest BCUT2D eigenvalue weighted by atomic mass is 16.5. The molecule has 1 heterocycles. The topological polar surface area (TPSA) is 47.0 Å². The fourth-order valence-electron chi connectivity index (χ4n) is 2.60. The maximum Gasteiger partial charge on any atom is 0.132 e. The van der Waals surface area contributed by atoms with Crippen LogP contribution >= 0.6 is 0 Å². The summed E-state index contributed by atoms with van der Waals surface area (Å²) in [5.74, 6) is 1.06. The SMILES string of the molecule is CC(C)OCCCCNc1ncnc2c1CCCCC2. The zero-order valence-corrected chi connectivity index (χ0v) is 12.8. The first-order chi connectivity index (χ1) is 9.77. The molecule has 4 heteroatoms. The molecule has 0 saturated heterocycles. The molecule has 112 valence electrons. The van der Waals surface area contributed by atoms with Crippen LogP contribution < -0.4 is 5.32 Å². The van der Waals surface area contributed by atoms with Crippen molar-refractivity contribution in [1.82, 2.24) is 9.97 Å². The van der Waals surface area contributed by atoms with Crippen molar-refractivity contribution in [2.45, 2.75) is 64.9 Å². The van der Waals surface area contributed by atoms with E-state index in [0.29, 0.717) is 6.10 Å². The van der Waals surface area contributed by atoms with Gasteiger partial charge in [0.25, 0.3) is 0 Å². The molecule has 20 heavy (non-hydrogen) atoms. The second-order valence-corrected chi connectivity index (χ2v) is 5.76. The van der Waals surface area contributed by atoms with E-state index in [1.54, 1.807) is 6.33 Å². The Morgan fingerprint density at radius 2 is 2.00 bits per heavy atom. The van der Waals surface area contributed by atoms with Crippen molar-refractivity contribution in [1.29, 1.82) is 0 Å². The number of hydrogen-bond acceptors (Lipinski definition) is 4. The Morgan fingerprint density at radius 3 is 2.85 bits per heavy atom. The van der Waals surface area contributed by atoms with Crippen LogP contribution in [0.5, 0.6) is 0 Å². The van der Waals surface area contributed by atoms with Crippen LogP contribution in [0.1, 0.15) is 57.2 Å². The van der Waals surface area contributed by atoms with Crippen LogP contribution in [0, 0.1) is 0 Å². The number of unbranched alkanes of at least 4 members (excludes halogenated alkanes) is 1. The Morgan fingerprint density at radius 1 is 1.15 bits per heavy atom. The Bertz CT molecular complexity index is 407. The molecule has 0 aliphatic heterocycles. The van der Waals surface area contributed by atoms with Crippen molar-refractivity contribution in [2.75, 3.05) is 18.5 Å². The molecule has 0 atom stereocenters. The average Bonchev–Trinajstić information content (AvgIpc) is 2.68. The van der Waals surface area contributed by atoms with Crippen molar-refractivity contribution in [3.05, 3.63) is 17.6 Å². The van der Waals surface area contributed by atoms with Crippen LogP contribution in [0.25, 0.3) is 0 Å². The molecule has 0 bridgehead atoms. The summed E-state index contributed by atoms with van der Waals surface area (Å²) in [5.41, 5.74) is 2.60. The van der Waals surface area contributed by atoms with Crippen molar-refractivity contribution >= 4 is 5.82 Å². The fraction of sp³-hybridized carbons (Fsp3) is 0.750. The van der Waals surface area contributed by atoms with Crippen molar-refractivity contribution in [2.24, 2.45) is 0 Å². The van der Waals surface area contributed by atoms with Crippen molar-refractivity contribution in [3.63, 3.8) is 0 Å². The van der Waals surface area contributed by atoms with Crippen LogP contribution in [0.2, 0.25) is 0 Å². The highest BCUT2D eigenvalue weighted by molar-refractivity contribution is 5.46. The summed E-state index contributed by atoms with van der Waals surface area (Å²) >= 11 is 0. The van der Waals surface area contributed by atoms with E-state index in [-0.39, 0.29) is 0 Å². The van der Waals surface area contributed by atoms with Gasteiger partial charge in [-0.15, -0.1) is 0 Å². The van der Waals surface area contributed by atoms with Gasteiger partial charge in [-0.1, -0.05) is 6.42 Å². The first kappa shape index (κ1) is 15.2. The number of hydrogen-bond donors (Lipinski definition) is 1. The van der Waals surface area contributed by atoms with E-state index in [0.717, 1.165) is 44.7 Å². The summed E-state index contributed by atoms with van der Waals surface area (Å²) in [6.45, 7) is 5.97. The number of nitrogens with one attached hydrogen (secondary N) is 1. The van der Waals surface area contributed by atoms with Gasteiger partial charge in [-0.05, 0) is 52.4 Å². The maximum atomic E-state index is 5.55. The normalized spacial score (nSPS) is 14.9. The highest BCUT2D eigenvalue weighted by Gasteiger charge is 2.13. The number of fused-ring (bicyclic) bond motifs is 1. The molecule has 0 amide bonds. The Kier molecular flexibility index (Phi) is 6.25. The first-order valence-electron chi connectivity index (χ1n) is 7.95. The van der Waals surface area contributed by atoms with E-state index in [1.807, 2.05) is 0 Å². The molecule has 0 radical (unpaired) electrons. The van der Waals surface area contributed by atoms with Crippen LogP contribution in [0.3, 0.4) is 0 Å². The molecule has 1 aromatic heterocycles. The van der Waals surface area contributed by atoms with Crippen molar-refractivity contribution < 1.29 is 4.74 Å². The number of aromatic nitrogens is 2. The van der Waals surface area contributed by atoms with Gasteiger partial charge in [-0.3, -0.25) is 0 Å². The molecule has 1 aliphatic carbocycles. The predicted molar refractivity (Wildman–Crippen MR) is 82.1 cm³/mol. The third-order valence-corrected chi connectivity index (χ3v) is 3.69. The van der Waals surface area contributed by atoms with E-state index in [1.165, 1.54) is 30.5 Å². The standard InChI is InChI=1S/C16H27N3O/c1-13(2)20-11-7-6-10-17-16-14-8-4-3-5-9-15(14)18-12-19-16/h12-13H,3-11H2,1-2H3,(H,17,18,19). The van der Waals surface area contributed by atoms with Gasteiger partial charge in [0, 0.05) is 24.4 Å². The molecule has 0 aromatic carbocycles. The molecule has 2 rings (SSSR count). The molecule has 1 N–H and O–H groups in total. The summed E-state index contributed by atoms with van der Waals surface area (Å²) in [6.07, 6.45) is 10.3. The first-order valence-corrected chi connectivity index (χ1v) is 7.95. The number of rotatable bonds is 7. The van der Waals surface area contributed by atoms with Gasteiger partial charge in [0.1, 0.15) is 12.1 Å². The van der Waals surface area contributed by atoms with Gasteiger partial charge < -0.3 is 10.1 Å². The largest absolute Gasteiger partial charge is 0.379 e. The molecule has 0 saturated carbocycles. The van der Waals surface area contributed by atoms with Crippen LogP contribution in [0.15, 0.2) is 6.33 Å². The minimum atomic E-state index is 0.334. The molecule has 4 nitrogen and oxygen atoms in total. The van der Waals surface area contributed by atoms with Gasteiger partial charge in [0.15, 0.2) is 0 Å². The van der Waals surface area contributed by atoms with Crippen LogP contribution in [0.4, 0.5) is 5.82 Å². The Hall–Kier alpha value is -1.16. The number of aryl methyl sites for hydroxylation is 1. The van der Waals surface area contributed by atoms with E-state index < -0.39 is 0 Å². The molecule has 0 fully saturated rings. The lowest BCUT2D eigenvalue weighted by Crippen LogP contribution is -2.10. The molecule has 1 aliphatic rings. The van der Waals surface area contributed by atoms with Crippen molar-refractivity contribution in [3.8, 4) is 0 Å². The molecule has 0 spiro atoms. The molecule has 0 unspecified atom stereocenters. The highest BCUT2D eigenvalue weighted by Crippen LogP contribution is 2.23. The van der Waals surface area contributed by atoms with Gasteiger partial charge in [0.2, 0.25) is 0 Å². The third-order valence-electron chi connectivity index (χ3n) is 3.69. The van der Waals surface area contributed by atoms with E-state index >= 15 is 0 Å². The average molecular weight is 277 g/mol. The number of ether oxygens (including phenoxy) is 1. The maximum absolute atomic E-state index is 5.55. The summed E-state index contributed by atoms with van der Waals surface area (Å²) in [4.78, 5) is 8.87. The van der Waals surface area contributed by atoms with E-state index in [9.17, 15) is 0 Å².